The molecule has 1 unspecified atom stereocenters. The Morgan fingerprint density at radius 1 is 1.29 bits per heavy atom. The number of unbranched alkanes of at least 4 members (excludes halogenated alkanes) is 1. The van der Waals surface area contributed by atoms with Crippen molar-refractivity contribution in [1.29, 1.82) is 0 Å². The summed E-state index contributed by atoms with van der Waals surface area (Å²) in [5.74, 6) is 0. The largest absolute Gasteiger partial charge is 0.330 e. The predicted octanol–water partition coefficient (Wildman–Crippen LogP) is 1.87. The van der Waals surface area contributed by atoms with E-state index in [0.29, 0.717) is 13.1 Å². The van der Waals surface area contributed by atoms with Gasteiger partial charge in [-0.3, -0.25) is 4.68 Å². The van der Waals surface area contributed by atoms with Gasteiger partial charge in [0, 0.05) is 18.8 Å². The van der Waals surface area contributed by atoms with Crippen molar-refractivity contribution in [2.45, 2.75) is 69.9 Å². The molecule has 7 heteroatoms. The molecule has 0 bridgehead atoms. The SMILES string of the molecule is CCCCC(CCC)NS(=O)(=O)c1cnn(CCCN)c1. The van der Waals surface area contributed by atoms with Crippen LogP contribution in [-0.2, 0) is 16.6 Å². The molecule has 6 nitrogen and oxygen atoms in total. The lowest BCUT2D eigenvalue weighted by Crippen LogP contribution is -2.34. The minimum atomic E-state index is -3.48. The molecule has 1 rings (SSSR count). The van der Waals surface area contributed by atoms with E-state index in [1.54, 1.807) is 10.9 Å². The first-order chi connectivity index (χ1) is 10.0. The molecule has 0 fully saturated rings. The summed E-state index contributed by atoms with van der Waals surface area (Å²) in [5.41, 5.74) is 5.44. The zero-order valence-electron chi connectivity index (χ0n) is 13.1. The third-order valence-corrected chi connectivity index (χ3v) is 4.85. The predicted molar refractivity (Wildman–Crippen MR) is 84.4 cm³/mol. The number of aryl methyl sites for hydroxylation is 1. The Labute approximate surface area is 128 Å². The fraction of sp³-hybridized carbons (Fsp3) is 0.786. The van der Waals surface area contributed by atoms with Crippen LogP contribution in [0.4, 0.5) is 0 Å². The van der Waals surface area contributed by atoms with Crippen LogP contribution in [-0.4, -0.2) is 30.8 Å². The topological polar surface area (TPSA) is 90.0 Å². The fourth-order valence-electron chi connectivity index (χ4n) is 2.21. The molecule has 0 saturated heterocycles. The van der Waals surface area contributed by atoms with Crippen molar-refractivity contribution in [2.24, 2.45) is 5.73 Å². The van der Waals surface area contributed by atoms with E-state index in [1.165, 1.54) is 6.20 Å². The van der Waals surface area contributed by atoms with Gasteiger partial charge in [0.1, 0.15) is 4.90 Å². The van der Waals surface area contributed by atoms with Crippen molar-refractivity contribution in [2.75, 3.05) is 6.54 Å². The first-order valence-electron chi connectivity index (χ1n) is 7.78. The van der Waals surface area contributed by atoms with Crippen molar-refractivity contribution in [3.8, 4) is 0 Å². The summed E-state index contributed by atoms with van der Waals surface area (Å²) < 4.78 is 29.2. The van der Waals surface area contributed by atoms with Gasteiger partial charge >= 0.3 is 0 Å². The van der Waals surface area contributed by atoms with Gasteiger partial charge in [0.2, 0.25) is 10.0 Å². The van der Waals surface area contributed by atoms with Crippen molar-refractivity contribution >= 4 is 10.0 Å². The Kier molecular flexibility index (Phi) is 7.92. The number of hydrogen-bond acceptors (Lipinski definition) is 4. The van der Waals surface area contributed by atoms with Crippen LogP contribution in [0.5, 0.6) is 0 Å². The summed E-state index contributed by atoms with van der Waals surface area (Å²) in [7, 11) is -3.48. The van der Waals surface area contributed by atoms with Gasteiger partial charge in [0.15, 0.2) is 0 Å². The van der Waals surface area contributed by atoms with Gasteiger partial charge in [-0.25, -0.2) is 13.1 Å². The van der Waals surface area contributed by atoms with Gasteiger partial charge in [-0.05, 0) is 25.8 Å². The summed E-state index contributed by atoms with van der Waals surface area (Å²) >= 11 is 0. The number of nitrogens with two attached hydrogens (primary N) is 1. The molecule has 1 aromatic rings. The Morgan fingerprint density at radius 2 is 2.05 bits per heavy atom. The number of nitrogens with zero attached hydrogens (tertiary/aromatic N) is 2. The van der Waals surface area contributed by atoms with Crippen LogP contribution in [0.15, 0.2) is 17.3 Å². The summed E-state index contributed by atoms with van der Waals surface area (Å²) in [6, 6.07) is 0.00680. The highest BCUT2D eigenvalue weighted by Gasteiger charge is 2.20. The molecule has 1 aromatic heterocycles. The molecule has 122 valence electrons. The highest BCUT2D eigenvalue weighted by Crippen LogP contribution is 2.13. The van der Waals surface area contributed by atoms with Crippen LogP contribution in [0.2, 0.25) is 0 Å². The van der Waals surface area contributed by atoms with Crippen LogP contribution in [0.3, 0.4) is 0 Å². The lowest BCUT2D eigenvalue weighted by Gasteiger charge is -2.17. The summed E-state index contributed by atoms with van der Waals surface area (Å²) in [5, 5.41) is 4.08. The van der Waals surface area contributed by atoms with E-state index >= 15 is 0 Å². The first kappa shape index (κ1) is 18.1. The van der Waals surface area contributed by atoms with Crippen molar-refractivity contribution in [3.05, 3.63) is 12.4 Å². The number of sulfonamides is 1. The van der Waals surface area contributed by atoms with Crippen LogP contribution in [0.1, 0.15) is 52.4 Å². The van der Waals surface area contributed by atoms with Crippen molar-refractivity contribution < 1.29 is 8.42 Å². The lowest BCUT2D eigenvalue weighted by molar-refractivity contribution is 0.483. The van der Waals surface area contributed by atoms with E-state index in [1.807, 2.05) is 0 Å². The minimum Gasteiger partial charge on any atom is -0.330 e. The molecule has 0 aromatic carbocycles. The summed E-state index contributed by atoms with van der Waals surface area (Å²) in [6.45, 7) is 5.38. The molecular formula is C14H28N4O2S. The minimum absolute atomic E-state index is 0.00680. The third kappa shape index (κ3) is 6.15. The maximum atomic E-state index is 12.4. The van der Waals surface area contributed by atoms with Crippen LogP contribution in [0.25, 0.3) is 0 Å². The second-order valence-electron chi connectivity index (χ2n) is 5.33. The Balaban J connectivity index is 2.71. The molecule has 21 heavy (non-hydrogen) atoms. The van der Waals surface area contributed by atoms with Gasteiger partial charge in [-0.1, -0.05) is 33.1 Å². The molecule has 1 heterocycles. The van der Waals surface area contributed by atoms with E-state index in [4.69, 9.17) is 5.73 Å². The molecular weight excluding hydrogens is 288 g/mol. The van der Waals surface area contributed by atoms with Crippen LogP contribution >= 0.6 is 0 Å². The number of nitrogens with one attached hydrogen (secondary N) is 1. The van der Waals surface area contributed by atoms with Crippen LogP contribution in [0, 0.1) is 0 Å². The van der Waals surface area contributed by atoms with Crippen molar-refractivity contribution in [3.63, 3.8) is 0 Å². The van der Waals surface area contributed by atoms with E-state index in [2.05, 4.69) is 23.7 Å². The third-order valence-electron chi connectivity index (χ3n) is 3.38. The molecule has 1 atom stereocenters. The van der Waals surface area contributed by atoms with E-state index in [0.717, 1.165) is 38.5 Å². The van der Waals surface area contributed by atoms with Gasteiger partial charge in [0.05, 0.1) is 6.20 Å². The lowest BCUT2D eigenvalue weighted by atomic mass is 10.1. The average Bonchev–Trinajstić information content (AvgIpc) is 2.92. The first-order valence-corrected chi connectivity index (χ1v) is 9.26. The normalized spacial score (nSPS) is 13.5. The molecule has 0 aliphatic rings. The van der Waals surface area contributed by atoms with E-state index in [-0.39, 0.29) is 10.9 Å². The number of rotatable bonds is 11. The maximum Gasteiger partial charge on any atom is 0.243 e. The Bertz CT molecular complexity index is 499. The quantitative estimate of drug-likeness (QED) is 0.652. The fourth-order valence-corrected chi connectivity index (χ4v) is 3.46. The molecule has 0 spiro atoms. The molecule has 0 amide bonds. The van der Waals surface area contributed by atoms with Gasteiger partial charge in [-0.15, -0.1) is 0 Å². The monoisotopic (exact) mass is 316 g/mol. The highest BCUT2D eigenvalue weighted by molar-refractivity contribution is 7.89. The summed E-state index contributed by atoms with van der Waals surface area (Å²) in [6.07, 6.45) is 8.56. The molecule has 0 radical (unpaired) electrons. The summed E-state index contributed by atoms with van der Waals surface area (Å²) in [4.78, 5) is 0.233. The standard InChI is InChI=1S/C14H28N4O2S/c1-3-5-8-13(7-4-2)17-21(19,20)14-11-16-18(12-14)10-6-9-15/h11-13,17H,3-10,15H2,1-2H3. The Hall–Kier alpha value is -0.920. The van der Waals surface area contributed by atoms with Gasteiger partial charge in [-0.2, -0.15) is 5.10 Å². The second-order valence-corrected chi connectivity index (χ2v) is 7.04. The molecule has 3 N–H and O–H groups in total. The van der Waals surface area contributed by atoms with Gasteiger partial charge in [0.25, 0.3) is 0 Å². The maximum absolute atomic E-state index is 12.4. The number of hydrogen-bond donors (Lipinski definition) is 2. The van der Waals surface area contributed by atoms with Crippen molar-refractivity contribution in [1.82, 2.24) is 14.5 Å². The average molecular weight is 316 g/mol. The van der Waals surface area contributed by atoms with E-state index in [9.17, 15) is 8.42 Å². The molecule has 0 aliphatic carbocycles. The number of aromatic nitrogens is 2. The Morgan fingerprint density at radius 3 is 2.67 bits per heavy atom. The second kappa shape index (κ2) is 9.17. The molecule has 0 saturated carbocycles. The van der Waals surface area contributed by atoms with Crippen LogP contribution < -0.4 is 10.5 Å². The van der Waals surface area contributed by atoms with E-state index < -0.39 is 10.0 Å². The smallest absolute Gasteiger partial charge is 0.243 e. The van der Waals surface area contributed by atoms with Gasteiger partial charge < -0.3 is 5.73 Å². The zero-order valence-corrected chi connectivity index (χ0v) is 13.9. The highest BCUT2D eigenvalue weighted by atomic mass is 32.2. The molecule has 0 aliphatic heterocycles. The zero-order chi connectivity index (χ0) is 15.7.